The van der Waals surface area contributed by atoms with Gasteiger partial charge in [0.1, 0.15) is 0 Å². The number of fused-ring (bicyclic) bond motifs is 1. The van der Waals surface area contributed by atoms with Crippen LogP contribution in [0.5, 0.6) is 0 Å². The Morgan fingerprint density at radius 2 is 1.94 bits per heavy atom. The van der Waals surface area contributed by atoms with Gasteiger partial charge in [0.2, 0.25) is 5.78 Å². The number of nitrogens with one attached hydrogen (secondary N) is 1. The maximum absolute atomic E-state index is 13.8. The molecule has 1 aromatic heterocycles. The molecule has 0 fully saturated rings. The van der Waals surface area contributed by atoms with Crippen LogP contribution in [0.25, 0.3) is 10.9 Å². The van der Waals surface area contributed by atoms with Crippen molar-refractivity contribution in [3.05, 3.63) is 34.7 Å². The Hall–Kier alpha value is -0.480. The van der Waals surface area contributed by atoms with E-state index in [4.69, 9.17) is 46.4 Å². The van der Waals surface area contributed by atoms with Crippen molar-refractivity contribution in [1.29, 1.82) is 0 Å². The number of rotatable bonds is 1. The van der Waals surface area contributed by atoms with Crippen LogP contribution < -0.4 is 0 Å². The topological polar surface area (TPSA) is 32.9 Å². The molecule has 0 amide bonds. The van der Waals surface area contributed by atoms with Gasteiger partial charge < -0.3 is 4.98 Å². The van der Waals surface area contributed by atoms with Crippen molar-refractivity contribution >= 4 is 63.1 Å². The lowest BCUT2D eigenvalue weighted by molar-refractivity contribution is 0.0998. The van der Waals surface area contributed by atoms with E-state index in [1.165, 1.54) is 18.3 Å². The fraction of sp³-hybridized carbons (Fsp3) is 0.100. The zero-order valence-corrected chi connectivity index (χ0v) is 11.1. The van der Waals surface area contributed by atoms with Gasteiger partial charge in [-0.1, -0.05) is 46.4 Å². The largest absolute Gasteiger partial charge is 0.360 e. The minimum atomic E-state index is -2.14. The van der Waals surface area contributed by atoms with Gasteiger partial charge in [0.05, 0.1) is 10.6 Å². The number of Topliss-reactive ketones (excluding diaryl/α,β-unsaturated/α-hetero) is 1. The number of hydrogen-bond donors (Lipinski definition) is 1. The number of hydrogen-bond acceptors (Lipinski definition) is 1. The fourth-order valence-electron chi connectivity index (χ4n) is 1.49. The molecular weight excluding hydrogens is 311 g/mol. The maximum atomic E-state index is 13.8. The lowest BCUT2D eigenvalue weighted by atomic mass is 10.1. The van der Waals surface area contributed by atoms with E-state index >= 15 is 0 Å². The standard InChI is InChI=1S/C10H4Cl4FNO/c11-5-1-2-6-7(8(5)15)4(3-16-6)9(17)10(12,13)14/h1-3,16H. The highest BCUT2D eigenvalue weighted by molar-refractivity contribution is 6.77. The Balaban J connectivity index is 2.72. The molecule has 7 heteroatoms. The molecule has 0 aliphatic rings. The minimum Gasteiger partial charge on any atom is -0.360 e. The van der Waals surface area contributed by atoms with Gasteiger partial charge in [-0.3, -0.25) is 4.79 Å². The van der Waals surface area contributed by atoms with Crippen LogP contribution in [0, 0.1) is 5.82 Å². The first-order valence-corrected chi connectivity index (χ1v) is 5.90. The van der Waals surface area contributed by atoms with Crippen molar-refractivity contribution in [2.75, 3.05) is 0 Å². The zero-order valence-electron chi connectivity index (χ0n) is 8.03. The average molecular weight is 315 g/mol. The van der Waals surface area contributed by atoms with Crippen molar-refractivity contribution in [3.63, 3.8) is 0 Å². The molecule has 90 valence electrons. The number of carbonyl (C=O) groups excluding carboxylic acids is 1. The maximum Gasteiger partial charge on any atom is 0.253 e. The monoisotopic (exact) mass is 313 g/mol. The van der Waals surface area contributed by atoms with Gasteiger partial charge in [0.15, 0.2) is 5.82 Å². The van der Waals surface area contributed by atoms with Crippen LogP contribution in [0.4, 0.5) is 4.39 Å². The van der Waals surface area contributed by atoms with Crippen molar-refractivity contribution in [2.24, 2.45) is 0 Å². The Bertz CT molecular complexity index is 602. The minimum absolute atomic E-state index is 0.0221. The normalized spacial score (nSPS) is 12.1. The Labute approximate surface area is 116 Å². The van der Waals surface area contributed by atoms with E-state index in [0.717, 1.165) is 0 Å². The summed E-state index contributed by atoms with van der Waals surface area (Å²) < 4.78 is 11.7. The number of carbonyl (C=O) groups is 1. The highest BCUT2D eigenvalue weighted by atomic mass is 35.6. The molecule has 0 spiro atoms. The lowest BCUT2D eigenvalue weighted by Crippen LogP contribution is -2.18. The van der Waals surface area contributed by atoms with Gasteiger partial charge in [0, 0.05) is 17.1 Å². The molecule has 0 unspecified atom stereocenters. The third-order valence-corrected chi connectivity index (χ3v) is 3.05. The highest BCUT2D eigenvalue weighted by Crippen LogP contribution is 2.35. The van der Waals surface area contributed by atoms with Gasteiger partial charge in [-0.15, -0.1) is 0 Å². The number of halogens is 5. The van der Waals surface area contributed by atoms with Crippen molar-refractivity contribution in [2.45, 2.75) is 3.79 Å². The van der Waals surface area contributed by atoms with E-state index in [1.54, 1.807) is 0 Å². The molecule has 0 aliphatic heterocycles. The predicted octanol–water partition coefficient (Wildman–Crippen LogP) is 4.51. The fourth-order valence-corrected chi connectivity index (χ4v) is 1.95. The summed E-state index contributed by atoms with van der Waals surface area (Å²) in [6, 6.07) is 2.91. The first-order valence-electron chi connectivity index (χ1n) is 4.39. The van der Waals surface area contributed by atoms with Crippen LogP contribution in [-0.4, -0.2) is 14.6 Å². The number of alkyl halides is 3. The Kier molecular flexibility index (Phi) is 3.29. The summed E-state index contributed by atoms with van der Waals surface area (Å²) >= 11 is 22.1. The zero-order chi connectivity index (χ0) is 12.8. The summed E-state index contributed by atoms with van der Waals surface area (Å²) in [4.78, 5) is 14.5. The quantitative estimate of drug-likeness (QED) is 0.609. The van der Waals surface area contributed by atoms with E-state index in [-0.39, 0.29) is 16.0 Å². The van der Waals surface area contributed by atoms with Crippen LogP contribution in [0.1, 0.15) is 10.4 Å². The molecule has 2 nitrogen and oxygen atoms in total. The summed E-state index contributed by atoms with van der Waals surface area (Å²) in [5.41, 5.74) is 0.365. The van der Waals surface area contributed by atoms with Crippen LogP contribution in [0.3, 0.4) is 0 Å². The lowest BCUT2D eigenvalue weighted by Gasteiger charge is -2.08. The van der Waals surface area contributed by atoms with E-state index in [0.29, 0.717) is 5.52 Å². The molecule has 1 N–H and O–H groups in total. The van der Waals surface area contributed by atoms with Crippen molar-refractivity contribution in [1.82, 2.24) is 4.98 Å². The molecule has 2 rings (SSSR count). The molecule has 2 aromatic rings. The molecule has 0 bridgehead atoms. The van der Waals surface area contributed by atoms with Crippen LogP contribution >= 0.6 is 46.4 Å². The molecule has 0 radical (unpaired) electrons. The number of aromatic amines is 1. The third kappa shape index (κ3) is 2.25. The molecule has 1 aromatic carbocycles. The molecule has 0 atom stereocenters. The Morgan fingerprint density at radius 3 is 2.53 bits per heavy atom. The summed E-state index contributed by atoms with van der Waals surface area (Å²) in [6.07, 6.45) is 1.29. The first-order chi connectivity index (χ1) is 7.82. The SMILES string of the molecule is O=C(c1c[nH]c2ccc(Cl)c(F)c12)C(Cl)(Cl)Cl. The Morgan fingerprint density at radius 1 is 1.29 bits per heavy atom. The summed E-state index contributed by atoms with van der Waals surface area (Å²) in [7, 11) is 0. The average Bonchev–Trinajstić information content (AvgIpc) is 2.65. The van der Waals surface area contributed by atoms with Gasteiger partial charge in [-0.05, 0) is 12.1 Å². The van der Waals surface area contributed by atoms with Crippen LogP contribution in [-0.2, 0) is 0 Å². The number of H-pyrrole nitrogens is 1. The van der Waals surface area contributed by atoms with Gasteiger partial charge in [0.25, 0.3) is 3.79 Å². The van der Waals surface area contributed by atoms with Crippen molar-refractivity contribution in [3.8, 4) is 0 Å². The summed E-state index contributed by atoms with van der Waals surface area (Å²) in [5, 5.41) is -0.0794. The first kappa shape index (κ1) is 13.0. The van der Waals surface area contributed by atoms with Gasteiger partial charge in [-0.2, -0.15) is 0 Å². The predicted molar refractivity (Wildman–Crippen MR) is 67.9 cm³/mol. The number of ketones is 1. The van der Waals surface area contributed by atoms with E-state index in [2.05, 4.69) is 4.98 Å². The van der Waals surface area contributed by atoms with E-state index in [1.807, 2.05) is 0 Å². The van der Waals surface area contributed by atoms with Gasteiger partial charge >= 0.3 is 0 Å². The summed E-state index contributed by atoms with van der Waals surface area (Å²) in [5.74, 6) is -1.53. The summed E-state index contributed by atoms with van der Waals surface area (Å²) in [6.45, 7) is 0. The molecule has 0 aliphatic carbocycles. The van der Waals surface area contributed by atoms with Crippen molar-refractivity contribution < 1.29 is 9.18 Å². The van der Waals surface area contributed by atoms with Crippen LogP contribution in [0.15, 0.2) is 18.3 Å². The third-order valence-electron chi connectivity index (χ3n) is 2.24. The second-order valence-corrected chi connectivity index (χ2v) is 6.00. The molecule has 0 saturated heterocycles. The molecular formula is C10H4Cl4FNO. The molecule has 0 saturated carbocycles. The highest BCUT2D eigenvalue weighted by Gasteiger charge is 2.34. The second kappa shape index (κ2) is 4.32. The van der Waals surface area contributed by atoms with E-state index in [9.17, 15) is 9.18 Å². The van der Waals surface area contributed by atoms with Crippen LogP contribution in [0.2, 0.25) is 5.02 Å². The smallest absolute Gasteiger partial charge is 0.253 e. The second-order valence-electron chi connectivity index (χ2n) is 3.31. The number of benzene rings is 1. The van der Waals surface area contributed by atoms with Gasteiger partial charge in [-0.25, -0.2) is 4.39 Å². The number of aromatic nitrogens is 1. The molecule has 1 heterocycles. The molecule has 17 heavy (non-hydrogen) atoms. The van der Waals surface area contributed by atoms with E-state index < -0.39 is 15.4 Å².